The van der Waals surface area contributed by atoms with Gasteiger partial charge in [-0.1, -0.05) is 0 Å². The zero-order valence-corrected chi connectivity index (χ0v) is 7.52. The quantitative estimate of drug-likeness (QED) is 0.661. The molecule has 1 amide bonds. The standard InChI is InChI=1S/C8H11NOS/c1-3-9(2)8(10)7-4-5-11-6-7/h4-6H,3H2,1-2H3. The SMILES string of the molecule is CCN(C)C(=O)c1ccsc1. The van der Waals surface area contributed by atoms with Crippen molar-refractivity contribution in [1.82, 2.24) is 4.90 Å². The first-order valence-electron chi connectivity index (χ1n) is 3.53. The van der Waals surface area contributed by atoms with Crippen molar-refractivity contribution in [2.24, 2.45) is 0 Å². The van der Waals surface area contributed by atoms with Crippen molar-refractivity contribution >= 4 is 17.2 Å². The first kappa shape index (κ1) is 8.27. The van der Waals surface area contributed by atoms with Gasteiger partial charge in [-0.3, -0.25) is 4.79 Å². The number of thiophene rings is 1. The first-order valence-corrected chi connectivity index (χ1v) is 4.47. The van der Waals surface area contributed by atoms with Crippen molar-refractivity contribution < 1.29 is 4.79 Å². The fourth-order valence-corrected chi connectivity index (χ4v) is 1.38. The fraction of sp³-hybridized carbons (Fsp3) is 0.375. The van der Waals surface area contributed by atoms with Gasteiger partial charge in [0.05, 0.1) is 5.56 Å². The molecule has 2 nitrogen and oxygen atoms in total. The molecular weight excluding hydrogens is 158 g/mol. The summed E-state index contributed by atoms with van der Waals surface area (Å²) in [7, 11) is 1.81. The molecule has 1 aromatic heterocycles. The van der Waals surface area contributed by atoms with Crippen LogP contribution in [0.5, 0.6) is 0 Å². The molecule has 0 spiro atoms. The van der Waals surface area contributed by atoms with Crippen molar-refractivity contribution in [3.8, 4) is 0 Å². The molecule has 0 aliphatic heterocycles. The van der Waals surface area contributed by atoms with Crippen LogP contribution in [0.4, 0.5) is 0 Å². The number of carbonyl (C=O) groups is 1. The fourth-order valence-electron chi connectivity index (χ4n) is 0.750. The van der Waals surface area contributed by atoms with Gasteiger partial charge >= 0.3 is 0 Å². The number of carbonyl (C=O) groups excluding carboxylic acids is 1. The van der Waals surface area contributed by atoms with E-state index in [0.717, 1.165) is 12.1 Å². The summed E-state index contributed by atoms with van der Waals surface area (Å²) >= 11 is 1.55. The molecule has 0 bridgehead atoms. The Bertz CT molecular complexity index is 230. The second kappa shape index (κ2) is 3.53. The number of amides is 1. The number of nitrogens with zero attached hydrogens (tertiary/aromatic N) is 1. The van der Waals surface area contributed by atoms with E-state index in [1.54, 1.807) is 23.3 Å². The van der Waals surface area contributed by atoms with Gasteiger partial charge in [0, 0.05) is 19.0 Å². The monoisotopic (exact) mass is 169 g/mol. The second-order valence-electron chi connectivity index (χ2n) is 2.33. The smallest absolute Gasteiger partial charge is 0.254 e. The Morgan fingerprint density at radius 3 is 2.91 bits per heavy atom. The summed E-state index contributed by atoms with van der Waals surface area (Å²) in [6.07, 6.45) is 0. The molecule has 0 saturated carbocycles. The van der Waals surface area contributed by atoms with Gasteiger partial charge in [0.15, 0.2) is 0 Å². The third-order valence-electron chi connectivity index (χ3n) is 1.59. The van der Waals surface area contributed by atoms with Gasteiger partial charge in [-0.25, -0.2) is 0 Å². The minimum Gasteiger partial charge on any atom is -0.342 e. The maximum absolute atomic E-state index is 11.4. The highest BCUT2D eigenvalue weighted by Gasteiger charge is 2.08. The Balaban J connectivity index is 2.70. The summed E-state index contributed by atoms with van der Waals surface area (Å²) in [4.78, 5) is 13.1. The normalized spacial score (nSPS) is 9.64. The van der Waals surface area contributed by atoms with Crippen LogP contribution in [0.25, 0.3) is 0 Å². The van der Waals surface area contributed by atoms with Gasteiger partial charge < -0.3 is 4.90 Å². The minimum atomic E-state index is 0.105. The van der Waals surface area contributed by atoms with Crippen molar-refractivity contribution in [3.05, 3.63) is 22.4 Å². The second-order valence-corrected chi connectivity index (χ2v) is 3.11. The van der Waals surface area contributed by atoms with E-state index in [2.05, 4.69) is 0 Å². The van der Waals surface area contributed by atoms with Gasteiger partial charge in [0.2, 0.25) is 0 Å². The molecular formula is C8H11NOS. The Morgan fingerprint density at radius 1 is 1.73 bits per heavy atom. The van der Waals surface area contributed by atoms with Gasteiger partial charge in [-0.15, -0.1) is 0 Å². The van der Waals surface area contributed by atoms with Crippen LogP contribution >= 0.6 is 11.3 Å². The molecule has 0 radical (unpaired) electrons. The van der Waals surface area contributed by atoms with E-state index >= 15 is 0 Å². The molecule has 0 atom stereocenters. The average molecular weight is 169 g/mol. The number of rotatable bonds is 2. The zero-order chi connectivity index (χ0) is 8.27. The predicted molar refractivity (Wildman–Crippen MR) is 47.0 cm³/mol. The molecule has 0 N–H and O–H groups in total. The van der Waals surface area contributed by atoms with Gasteiger partial charge in [-0.05, 0) is 18.4 Å². The van der Waals surface area contributed by atoms with Crippen LogP contribution in [0.3, 0.4) is 0 Å². The summed E-state index contributed by atoms with van der Waals surface area (Å²) < 4.78 is 0. The third kappa shape index (κ3) is 1.80. The minimum absolute atomic E-state index is 0.105. The van der Waals surface area contributed by atoms with E-state index in [1.165, 1.54) is 0 Å². The van der Waals surface area contributed by atoms with Crippen LogP contribution in [0.15, 0.2) is 16.8 Å². The van der Waals surface area contributed by atoms with Crippen LogP contribution in [0.1, 0.15) is 17.3 Å². The Hall–Kier alpha value is -0.830. The molecule has 0 unspecified atom stereocenters. The molecule has 3 heteroatoms. The average Bonchev–Trinajstić information content (AvgIpc) is 2.53. The maximum Gasteiger partial charge on any atom is 0.254 e. The lowest BCUT2D eigenvalue weighted by Gasteiger charge is -2.12. The molecule has 60 valence electrons. The Labute approximate surface area is 70.5 Å². The third-order valence-corrected chi connectivity index (χ3v) is 2.27. The first-order chi connectivity index (χ1) is 5.25. The number of hydrogen-bond donors (Lipinski definition) is 0. The molecule has 0 aromatic carbocycles. The summed E-state index contributed by atoms with van der Waals surface area (Å²) in [5, 5.41) is 3.78. The highest BCUT2D eigenvalue weighted by atomic mass is 32.1. The highest BCUT2D eigenvalue weighted by molar-refractivity contribution is 7.08. The highest BCUT2D eigenvalue weighted by Crippen LogP contribution is 2.07. The van der Waals surface area contributed by atoms with E-state index in [4.69, 9.17) is 0 Å². The van der Waals surface area contributed by atoms with Crippen molar-refractivity contribution in [2.45, 2.75) is 6.92 Å². The van der Waals surface area contributed by atoms with Crippen molar-refractivity contribution in [1.29, 1.82) is 0 Å². The van der Waals surface area contributed by atoms with E-state index in [-0.39, 0.29) is 5.91 Å². The van der Waals surface area contributed by atoms with Gasteiger partial charge in [0.25, 0.3) is 5.91 Å². The van der Waals surface area contributed by atoms with Crippen LogP contribution in [0, 0.1) is 0 Å². The number of hydrogen-bond acceptors (Lipinski definition) is 2. The molecule has 0 aliphatic carbocycles. The van der Waals surface area contributed by atoms with E-state index < -0.39 is 0 Å². The van der Waals surface area contributed by atoms with E-state index in [1.807, 2.05) is 23.8 Å². The zero-order valence-electron chi connectivity index (χ0n) is 6.70. The molecule has 1 heterocycles. The van der Waals surface area contributed by atoms with E-state index in [0.29, 0.717) is 0 Å². The van der Waals surface area contributed by atoms with Crippen molar-refractivity contribution in [3.63, 3.8) is 0 Å². The topological polar surface area (TPSA) is 20.3 Å². The van der Waals surface area contributed by atoms with Crippen LogP contribution in [0.2, 0.25) is 0 Å². The molecule has 11 heavy (non-hydrogen) atoms. The maximum atomic E-state index is 11.4. The van der Waals surface area contributed by atoms with Crippen LogP contribution in [-0.2, 0) is 0 Å². The lowest BCUT2D eigenvalue weighted by molar-refractivity contribution is 0.0803. The Kier molecular flexibility index (Phi) is 2.65. The largest absolute Gasteiger partial charge is 0.342 e. The molecule has 0 saturated heterocycles. The van der Waals surface area contributed by atoms with Crippen LogP contribution < -0.4 is 0 Å². The predicted octanol–water partition coefficient (Wildman–Crippen LogP) is 1.84. The molecule has 0 aliphatic rings. The lowest BCUT2D eigenvalue weighted by atomic mass is 10.3. The summed E-state index contributed by atoms with van der Waals surface area (Å²) in [6.45, 7) is 2.72. The van der Waals surface area contributed by atoms with E-state index in [9.17, 15) is 4.79 Å². The molecule has 1 aromatic rings. The van der Waals surface area contributed by atoms with Crippen LogP contribution in [-0.4, -0.2) is 24.4 Å². The van der Waals surface area contributed by atoms with Gasteiger partial charge in [0.1, 0.15) is 0 Å². The summed E-state index contributed by atoms with van der Waals surface area (Å²) in [5.74, 6) is 0.105. The summed E-state index contributed by atoms with van der Waals surface area (Å²) in [6, 6.07) is 1.85. The molecule has 0 fully saturated rings. The summed E-state index contributed by atoms with van der Waals surface area (Å²) in [5.41, 5.74) is 0.791. The Morgan fingerprint density at radius 2 is 2.45 bits per heavy atom. The van der Waals surface area contributed by atoms with Crippen molar-refractivity contribution in [2.75, 3.05) is 13.6 Å². The lowest BCUT2D eigenvalue weighted by Crippen LogP contribution is -2.25. The van der Waals surface area contributed by atoms with Gasteiger partial charge in [-0.2, -0.15) is 11.3 Å². The molecule has 1 rings (SSSR count).